The van der Waals surface area contributed by atoms with Crippen molar-refractivity contribution < 1.29 is 33.4 Å². The molecule has 0 spiro atoms. The van der Waals surface area contributed by atoms with Gasteiger partial charge < -0.3 is 29.7 Å². The van der Waals surface area contributed by atoms with Crippen LogP contribution in [0.5, 0.6) is 5.75 Å². The highest BCUT2D eigenvalue weighted by Gasteiger charge is 2.24. The Morgan fingerprint density at radius 1 is 1.00 bits per heavy atom. The highest BCUT2D eigenvalue weighted by atomic mass is 16.6. The molecule has 0 bridgehead atoms. The maximum Gasteiger partial charge on any atom is 0.409 e. The predicted octanol–water partition coefficient (Wildman–Crippen LogP) is 1.10. The van der Waals surface area contributed by atoms with Gasteiger partial charge in [-0.05, 0) is 51.0 Å². The van der Waals surface area contributed by atoms with E-state index in [1.54, 1.807) is 36.1 Å². The van der Waals surface area contributed by atoms with Gasteiger partial charge in [0.15, 0.2) is 6.61 Å². The third-order valence-electron chi connectivity index (χ3n) is 4.57. The van der Waals surface area contributed by atoms with Crippen molar-refractivity contribution in [1.82, 2.24) is 15.5 Å². The molecule has 31 heavy (non-hydrogen) atoms. The van der Waals surface area contributed by atoms with Crippen LogP contribution in [0.3, 0.4) is 0 Å². The Kier molecular flexibility index (Phi) is 9.60. The van der Waals surface area contributed by atoms with Gasteiger partial charge in [-0.2, -0.15) is 0 Å². The molecule has 1 heterocycles. The Bertz CT molecular complexity index is 759. The topological polar surface area (TPSA) is 123 Å². The minimum atomic E-state index is -0.716. The van der Waals surface area contributed by atoms with Crippen LogP contribution in [0, 0.1) is 0 Å². The smallest absolute Gasteiger partial charge is 0.409 e. The SMILES string of the molecule is CCOC(=O)N1CCC(NC(=O)COC(=O)CNC(=O)c2ccc(OCC)cc2)CC1. The van der Waals surface area contributed by atoms with E-state index in [2.05, 4.69) is 10.6 Å². The van der Waals surface area contributed by atoms with Gasteiger partial charge in [0, 0.05) is 24.7 Å². The van der Waals surface area contributed by atoms with Crippen molar-refractivity contribution in [3.8, 4) is 5.75 Å². The number of likely N-dealkylation sites (tertiary alicyclic amines) is 1. The van der Waals surface area contributed by atoms with E-state index in [1.807, 2.05) is 6.92 Å². The molecule has 1 aromatic carbocycles. The number of amides is 3. The van der Waals surface area contributed by atoms with Crippen molar-refractivity contribution in [2.75, 3.05) is 39.5 Å². The fourth-order valence-electron chi connectivity index (χ4n) is 3.01. The second-order valence-corrected chi connectivity index (χ2v) is 6.83. The normalized spacial score (nSPS) is 13.8. The molecule has 2 N–H and O–H groups in total. The van der Waals surface area contributed by atoms with E-state index in [0.29, 0.717) is 50.5 Å². The van der Waals surface area contributed by atoms with Gasteiger partial charge in [-0.3, -0.25) is 14.4 Å². The average Bonchev–Trinajstić information content (AvgIpc) is 2.77. The average molecular weight is 435 g/mol. The monoisotopic (exact) mass is 435 g/mol. The first kappa shape index (κ1) is 24.0. The fraction of sp³-hybridized carbons (Fsp3) is 0.524. The summed E-state index contributed by atoms with van der Waals surface area (Å²) in [7, 11) is 0. The molecule has 10 nitrogen and oxygen atoms in total. The van der Waals surface area contributed by atoms with Crippen LogP contribution in [0.25, 0.3) is 0 Å². The fourth-order valence-corrected chi connectivity index (χ4v) is 3.01. The summed E-state index contributed by atoms with van der Waals surface area (Å²) in [4.78, 5) is 49.1. The van der Waals surface area contributed by atoms with Crippen molar-refractivity contribution >= 4 is 23.9 Å². The number of carbonyl (C=O) groups is 4. The van der Waals surface area contributed by atoms with Crippen molar-refractivity contribution in [3.05, 3.63) is 29.8 Å². The zero-order valence-electron chi connectivity index (χ0n) is 17.8. The van der Waals surface area contributed by atoms with Crippen LogP contribution >= 0.6 is 0 Å². The number of ether oxygens (including phenoxy) is 3. The van der Waals surface area contributed by atoms with Crippen LogP contribution < -0.4 is 15.4 Å². The van der Waals surface area contributed by atoms with Gasteiger partial charge in [0.05, 0.1) is 13.2 Å². The van der Waals surface area contributed by atoms with E-state index in [9.17, 15) is 19.2 Å². The maximum absolute atomic E-state index is 12.1. The van der Waals surface area contributed by atoms with Gasteiger partial charge in [0.2, 0.25) is 0 Å². The number of benzene rings is 1. The summed E-state index contributed by atoms with van der Waals surface area (Å²) < 4.78 is 15.2. The van der Waals surface area contributed by atoms with Gasteiger partial charge in [0.25, 0.3) is 11.8 Å². The molecule has 0 radical (unpaired) electrons. The Labute approximate surface area is 181 Å². The second kappa shape index (κ2) is 12.4. The maximum atomic E-state index is 12.1. The van der Waals surface area contributed by atoms with E-state index in [4.69, 9.17) is 14.2 Å². The van der Waals surface area contributed by atoms with Crippen LogP contribution in [-0.4, -0.2) is 74.3 Å². The van der Waals surface area contributed by atoms with Gasteiger partial charge in [0.1, 0.15) is 12.3 Å². The van der Waals surface area contributed by atoms with Gasteiger partial charge in [-0.25, -0.2) is 4.79 Å². The molecule has 0 atom stereocenters. The lowest BCUT2D eigenvalue weighted by atomic mass is 10.1. The molecule has 1 aliphatic rings. The van der Waals surface area contributed by atoms with Gasteiger partial charge >= 0.3 is 12.1 Å². The highest BCUT2D eigenvalue weighted by molar-refractivity contribution is 5.96. The van der Waals surface area contributed by atoms with Crippen molar-refractivity contribution in [2.45, 2.75) is 32.7 Å². The zero-order chi connectivity index (χ0) is 22.6. The molecule has 2 rings (SSSR count). The Hall–Kier alpha value is -3.30. The largest absolute Gasteiger partial charge is 0.494 e. The van der Waals surface area contributed by atoms with Gasteiger partial charge in [-0.1, -0.05) is 0 Å². The summed E-state index contributed by atoms with van der Waals surface area (Å²) >= 11 is 0. The van der Waals surface area contributed by atoms with Crippen molar-refractivity contribution in [2.24, 2.45) is 0 Å². The Balaban J connectivity index is 1.63. The van der Waals surface area contributed by atoms with Crippen LogP contribution in [0.4, 0.5) is 4.79 Å². The van der Waals surface area contributed by atoms with Gasteiger partial charge in [-0.15, -0.1) is 0 Å². The standard InChI is InChI=1S/C21H29N3O7/c1-3-29-17-7-5-15(6-8-17)20(27)22-13-19(26)31-14-18(25)23-16-9-11-24(12-10-16)21(28)30-4-2/h5-8,16H,3-4,9-14H2,1-2H3,(H,22,27)(H,23,25). The van der Waals surface area contributed by atoms with Crippen LogP contribution in [0.2, 0.25) is 0 Å². The number of carbonyl (C=O) groups excluding carboxylic acids is 4. The van der Waals surface area contributed by atoms with E-state index in [0.717, 1.165) is 0 Å². The van der Waals surface area contributed by atoms with E-state index >= 15 is 0 Å². The molecule has 10 heteroatoms. The molecule has 0 saturated carbocycles. The summed E-state index contributed by atoms with van der Waals surface area (Å²) in [6.45, 7) is 4.65. The molecule has 1 aromatic rings. The quantitative estimate of drug-likeness (QED) is 0.557. The zero-order valence-corrected chi connectivity index (χ0v) is 17.8. The summed E-state index contributed by atoms with van der Waals surface area (Å²) in [6, 6.07) is 6.41. The van der Waals surface area contributed by atoms with Crippen molar-refractivity contribution in [1.29, 1.82) is 0 Å². The number of nitrogens with one attached hydrogen (secondary N) is 2. The third-order valence-corrected chi connectivity index (χ3v) is 4.57. The molecule has 170 valence electrons. The first-order valence-electron chi connectivity index (χ1n) is 10.3. The molecular formula is C21H29N3O7. The molecule has 0 aliphatic carbocycles. The molecule has 1 fully saturated rings. The molecule has 0 unspecified atom stereocenters. The van der Waals surface area contributed by atoms with E-state index in [1.165, 1.54) is 0 Å². The Morgan fingerprint density at radius 3 is 2.29 bits per heavy atom. The molecular weight excluding hydrogens is 406 g/mol. The summed E-state index contributed by atoms with van der Waals surface area (Å²) in [5.41, 5.74) is 0.378. The Morgan fingerprint density at radius 2 is 1.68 bits per heavy atom. The lowest BCUT2D eigenvalue weighted by Crippen LogP contribution is -2.47. The van der Waals surface area contributed by atoms with Crippen LogP contribution in [0.1, 0.15) is 37.0 Å². The summed E-state index contributed by atoms with van der Waals surface area (Å²) in [5, 5.41) is 5.22. The number of hydrogen-bond acceptors (Lipinski definition) is 7. The van der Waals surface area contributed by atoms with E-state index < -0.39 is 24.4 Å². The minimum absolute atomic E-state index is 0.101. The highest BCUT2D eigenvalue weighted by Crippen LogP contribution is 2.12. The number of nitrogens with zero attached hydrogens (tertiary/aromatic N) is 1. The van der Waals surface area contributed by atoms with Crippen molar-refractivity contribution in [3.63, 3.8) is 0 Å². The lowest BCUT2D eigenvalue weighted by Gasteiger charge is -2.31. The third kappa shape index (κ3) is 8.15. The second-order valence-electron chi connectivity index (χ2n) is 6.83. The first-order valence-corrected chi connectivity index (χ1v) is 10.3. The number of esters is 1. The number of rotatable bonds is 9. The molecule has 1 aliphatic heterocycles. The summed E-state index contributed by atoms with van der Waals surface area (Å²) in [6.07, 6.45) is 0.835. The number of hydrogen-bond donors (Lipinski definition) is 2. The van der Waals surface area contributed by atoms with Crippen LogP contribution in [0.15, 0.2) is 24.3 Å². The van der Waals surface area contributed by atoms with E-state index in [-0.39, 0.29) is 18.7 Å². The summed E-state index contributed by atoms with van der Waals surface area (Å²) in [5.74, 6) is -0.929. The lowest BCUT2D eigenvalue weighted by molar-refractivity contribution is -0.147. The first-order chi connectivity index (χ1) is 14.9. The predicted molar refractivity (Wildman–Crippen MR) is 111 cm³/mol. The number of piperidine rings is 1. The minimum Gasteiger partial charge on any atom is -0.494 e. The molecule has 0 aromatic heterocycles. The van der Waals surface area contributed by atoms with Crippen LogP contribution in [-0.2, 0) is 19.1 Å². The molecule has 3 amide bonds. The molecule has 1 saturated heterocycles.